The van der Waals surface area contributed by atoms with E-state index in [2.05, 4.69) is 11.6 Å². The van der Waals surface area contributed by atoms with Gasteiger partial charge in [-0.2, -0.15) is 0 Å². The van der Waals surface area contributed by atoms with Crippen LogP contribution < -0.4 is 0 Å². The van der Waals surface area contributed by atoms with E-state index in [4.69, 9.17) is 5.11 Å². The zero-order chi connectivity index (χ0) is 19.6. The first-order chi connectivity index (χ1) is 13.0. The van der Waals surface area contributed by atoms with Gasteiger partial charge in [0.05, 0.1) is 25.0 Å². The third-order valence-corrected chi connectivity index (χ3v) is 4.16. The molecule has 0 saturated carbocycles. The lowest BCUT2D eigenvalue weighted by molar-refractivity contribution is 0.199. The van der Waals surface area contributed by atoms with Crippen molar-refractivity contribution in [3.05, 3.63) is 83.7 Å². The molecule has 2 aromatic rings. The van der Waals surface area contributed by atoms with E-state index in [1.807, 2.05) is 30.3 Å². The highest BCUT2D eigenvalue weighted by atomic mass is 16.3. The third kappa shape index (κ3) is 6.18. The van der Waals surface area contributed by atoms with E-state index >= 15 is 0 Å². The minimum absolute atomic E-state index is 0.177. The first kappa shape index (κ1) is 20.6. The second-order valence-electron chi connectivity index (χ2n) is 6.14. The predicted octanol–water partition coefficient (Wildman–Crippen LogP) is 2.94. The molecule has 5 heteroatoms. The normalized spacial score (nSPS) is 13.4. The van der Waals surface area contributed by atoms with Gasteiger partial charge in [-0.3, -0.25) is 4.98 Å². The van der Waals surface area contributed by atoms with Crippen LogP contribution in [0.3, 0.4) is 0 Å². The van der Waals surface area contributed by atoms with Crippen LogP contribution in [0.25, 0.3) is 11.6 Å². The Morgan fingerprint density at radius 3 is 2.59 bits per heavy atom. The molecule has 0 fully saturated rings. The van der Waals surface area contributed by atoms with Crippen LogP contribution in [-0.4, -0.2) is 44.7 Å². The summed E-state index contributed by atoms with van der Waals surface area (Å²) in [4.78, 5) is 4.38. The number of aliphatic hydroxyl groups excluding tert-OH is 3. The van der Waals surface area contributed by atoms with E-state index in [-0.39, 0.29) is 19.0 Å². The highest BCUT2D eigenvalue weighted by molar-refractivity contribution is 5.80. The number of phenols is 1. The highest BCUT2D eigenvalue weighted by Crippen LogP contribution is 2.26. The minimum Gasteiger partial charge on any atom is -0.508 e. The van der Waals surface area contributed by atoms with Crippen molar-refractivity contribution in [2.75, 3.05) is 13.2 Å². The topological polar surface area (TPSA) is 93.8 Å². The molecule has 5 nitrogen and oxygen atoms in total. The number of allylic oxidation sites excluding steroid dienone is 1. The van der Waals surface area contributed by atoms with Crippen LogP contribution >= 0.6 is 0 Å². The van der Waals surface area contributed by atoms with Gasteiger partial charge in [0.2, 0.25) is 0 Å². The van der Waals surface area contributed by atoms with Gasteiger partial charge in [-0.05, 0) is 65.5 Å². The van der Waals surface area contributed by atoms with E-state index in [1.165, 1.54) is 6.08 Å². The maximum absolute atomic E-state index is 10.5. The average molecular weight is 367 g/mol. The molecule has 0 saturated heterocycles. The summed E-state index contributed by atoms with van der Waals surface area (Å²) in [6.07, 6.45) is 5.09. The fraction of sp³-hybridized carbons (Fsp3) is 0.227. The Hall–Kier alpha value is -2.73. The van der Waals surface area contributed by atoms with Crippen LogP contribution in [0.5, 0.6) is 5.75 Å². The minimum atomic E-state index is -0.868. The molecule has 0 aliphatic carbocycles. The number of aromatic hydroxyl groups is 1. The van der Waals surface area contributed by atoms with Crippen molar-refractivity contribution in [2.24, 2.45) is 0 Å². The molecule has 142 valence electrons. The van der Waals surface area contributed by atoms with Gasteiger partial charge in [0.1, 0.15) is 5.75 Å². The fourth-order valence-electron chi connectivity index (χ4n) is 2.80. The maximum atomic E-state index is 10.5. The number of hydrogen-bond donors (Lipinski definition) is 4. The zero-order valence-corrected chi connectivity index (χ0v) is 15.1. The van der Waals surface area contributed by atoms with Gasteiger partial charge in [0.25, 0.3) is 0 Å². The first-order valence-corrected chi connectivity index (χ1v) is 8.74. The molecule has 0 aliphatic rings. The van der Waals surface area contributed by atoms with Gasteiger partial charge in [0, 0.05) is 6.20 Å². The van der Waals surface area contributed by atoms with Crippen LogP contribution in [0.2, 0.25) is 0 Å². The van der Waals surface area contributed by atoms with Crippen molar-refractivity contribution in [1.29, 1.82) is 0 Å². The van der Waals surface area contributed by atoms with Gasteiger partial charge in [-0.15, -0.1) is 0 Å². The number of phenolic OH excluding ortho intramolecular Hbond substituents is 1. The van der Waals surface area contributed by atoms with Gasteiger partial charge in [-0.1, -0.05) is 30.9 Å². The molecule has 1 aromatic carbocycles. The van der Waals surface area contributed by atoms with E-state index in [9.17, 15) is 15.3 Å². The highest BCUT2D eigenvalue weighted by Gasteiger charge is 2.15. The Bertz CT molecular complexity index is 812. The maximum Gasteiger partial charge on any atom is 0.116 e. The van der Waals surface area contributed by atoms with Crippen molar-refractivity contribution in [3.63, 3.8) is 0 Å². The molecule has 0 bridgehead atoms. The monoisotopic (exact) mass is 367 g/mol. The Labute approximate surface area is 159 Å². The largest absolute Gasteiger partial charge is 0.508 e. The van der Waals surface area contributed by atoms with E-state index in [1.54, 1.807) is 24.4 Å². The quantitative estimate of drug-likeness (QED) is 0.511. The number of aliphatic hydroxyl groups is 3. The van der Waals surface area contributed by atoms with E-state index < -0.39 is 6.10 Å². The van der Waals surface area contributed by atoms with Crippen molar-refractivity contribution < 1.29 is 20.4 Å². The van der Waals surface area contributed by atoms with Crippen molar-refractivity contribution in [3.8, 4) is 5.75 Å². The zero-order valence-electron chi connectivity index (χ0n) is 15.1. The van der Waals surface area contributed by atoms with Crippen LogP contribution in [-0.2, 0) is 0 Å². The smallest absolute Gasteiger partial charge is 0.116 e. The molecule has 27 heavy (non-hydrogen) atoms. The predicted molar refractivity (Wildman–Crippen MR) is 107 cm³/mol. The summed E-state index contributed by atoms with van der Waals surface area (Å²) in [6.45, 7) is 3.21. The van der Waals surface area contributed by atoms with Crippen LogP contribution in [0, 0.1) is 0 Å². The summed E-state index contributed by atoms with van der Waals surface area (Å²) < 4.78 is 0. The lowest BCUT2D eigenvalue weighted by Gasteiger charge is -2.17. The molecule has 0 spiro atoms. The lowest BCUT2D eigenvalue weighted by Crippen LogP contribution is -2.14. The Kier molecular flexibility index (Phi) is 7.95. The van der Waals surface area contributed by atoms with Crippen LogP contribution in [0.4, 0.5) is 0 Å². The van der Waals surface area contributed by atoms with Gasteiger partial charge in [-0.25, -0.2) is 0 Å². The van der Waals surface area contributed by atoms with Gasteiger partial charge < -0.3 is 20.4 Å². The molecular formula is C22H25NO4. The Morgan fingerprint density at radius 1 is 1.15 bits per heavy atom. The van der Waals surface area contributed by atoms with Crippen LogP contribution in [0.1, 0.15) is 24.1 Å². The second kappa shape index (κ2) is 10.4. The average Bonchev–Trinajstić information content (AvgIpc) is 2.69. The molecular weight excluding hydrogens is 342 g/mol. The SMILES string of the molecule is C=C(CO)/C(=C/CO)C(O)CC/C(=C/c1cccc(O)c1)c1ccccn1. The number of rotatable bonds is 9. The summed E-state index contributed by atoms with van der Waals surface area (Å²) in [6, 6.07) is 12.5. The Morgan fingerprint density at radius 2 is 1.96 bits per heavy atom. The number of aromatic nitrogens is 1. The number of pyridine rings is 1. The molecule has 1 unspecified atom stereocenters. The molecule has 1 heterocycles. The molecule has 4 N–H and O–H groups in total. The molecule has 1 aromatic heterocycles. The summed E-state index contributed by atoms with van der Waals surface area (Å²) in [5, 5.41) is 38.6. The summed E-state index contributed by atoms with van der Waals surface area (Å²) >= 11 is 0. The second-order valence-corrected chi connectivity index (χ2v) is 6.14. The van der Waals surface area contributed by atoms with E-state index in [0.717, 1.165) is 16.8 Å². The van der Waals surface area contributed by atoms with Gasteiger partial charge >= 0.3 is 0 Å². The molecule has 1 atom stereocenters. The number of benzene rings is 1. The summed E-state index contributed by atoms with van der Waals surface area (Å²) in [5.41, 5.74) is 3.33. The van der Waals surface area contributed by atoms with Crippen LogP contribution in [0.15, 0.2) is 72.5 Å². The number of nitrogens with zero attached hydrogens (tertiary/aromatic N) is 1. The first-order valence-electron chi connectivity index (χ1n) is 8.74. The lowest BCUT2D eigenvalue weighted by atomic mass is 9.94. The van der Waals surface area contributed by atoms with Crippen molar-refractivity contribution in [1.82, 2.24) is 4.98 Å². The standard InChI is InChI=1S/C22H25NO4/c1-16(15-25)20(10-12-24)22(27)9-8-18(21-7-2-3-11-23-21)13-17-5-4-6-19(26)14-17/h2-7,10-11,13-14,22,24-27H,1,8-9,12,15H2/b18-13-,20-10-. The van der Waals surface area contributed by atoms with Crippen molar-refractivity contribution in [2.45, 2.75) is 18.9 Å². The molecule has 0 amide bonds. The summed E-state index contributed by atoms with van der Waals surface area (Å²) in [7, 11) is 0. The third-order valence-electron chi connectivity index (χ3n) is 4.16. The number of hydrogen-bond acceptors (Lipinski definition) is 5. The van der Waals surface area contributed by atoms with E-state index in [0.29, 0.717) is 24.0 Å². The Balaban J connectivity index is 2.25. The van der Waals surface area contributed by atoms with Crippen molar-refractivity contribution >= 4 is 11.6 Å². The fourth-order valence-corrected chi connectivity index (χ4v) is 2.80. The molecule has 0 aliphatic heterocycles. The summed E-state index contributed by atoms with van der Waals surface area (Å²) in [5.74, 6) is 0.177. The molecule has 0 radical (unpaired) electrons. The van der Waals surface area contributed by atoms with Gasteiger partial charge in [0.15, 0.2) is 0 Å². The molecule has 2 rings (SSSR count).